The van der Waals surface area contributed by atoms with Gasteiger partial charge in [0.1, 0.15) is 0 Å². The zero-order chi connectivity index (χ0) is 15.2. The molecular formula is C17H20BrNO2. The van der Waals surface area contributed by atoms with Gasteiger partial charge in [-0.05, 0) is 24.6 Å². The van der Waals surface area contributed by atoms with Gasteiger partial charge in [-0.2, -0.15) is 0 Å². The normalized spacial score (nSPS) is 12.2. The second-order valence-electron chi connectivity index (χ2n) is 5.01. The van der Waals surface area contributed by atoms with Crippen molar-refractivity contribution in [3.8, 4) is 0 Å². The van der Waals surface area contributed by atoms with Crippen molar-refractivity contribution in [3.05, 3.63) is 64.1 Å². The van der Waals surface area contributed by atoms with Crippen LogP contribution in [0.1, 0.15) is 24.2 Å². The van der Waals surface area contributed by atoms with Crippen LogP contribution in [-0.4, -0.2) is 23.4 Å². The van der Waals surface area contributed by atoms with E-state index in [1.165, 1.54) is 5.56 Å². The number of nitrogens with zero attached hydrogens (tertiary/aromatic N) is 1. The summed E-state index contributed by atoms with van der Waals surface area (Å²) in [5.41, 5.74) is 2.97. The Hall–Kier alpha value is -1.36. The van der Waals surface area contributed by atoms with Gasteiger partial charge in [-0.15, -0.1) is 0 Å². The molecule has 112 valence electrons. The lowest BCUT2D eigenvalue weighted by Crippen LogP contribution is -2.27. The first-order valence-corrected chi connectivity index (χ1v) is 7.78. The van der Waals surface area contributed by atoms with Gasteiger partial charge in [-0.25, -0.2) is 0 Å². The number of rotatable bonds is 6. The summed E-state index contributed by atoms with van der Waals surface area (Å²) in [4.78, 5) is 2.09. The monoisotopic (exact) mass is 349 g/mol. The van der Waals surface area contributed by atoms with E-state index in [1.54, 1.807) is 6.92 Å². The molecule has 0 amide bonds. The van der Waals surface area contributed by atoms with Crippen molar-refractivity contribution in [1.82, 2.24) is 0 Å². The van der Waals surface area contributed by atoms with E-state index in [-0.39, 0.29) is 6.61 Å². The van der Waals surface area contributed by atoms with Gasteiger partial charge in [0.15, 0.2) is 0 Å². The van der Waals surface area contributed by atoms with E-state index in [9.17, 15) is 10.2 Å². The fraction of sp³-hybridized carbons (Fsp3) is 0.294. The molecule has 1 unspecified atom stereocenters. The van der Waals surface area contributed by atoms with Crippen molar-refractivity contribution < 1.29 is 10.2 Å². The minimum atomic E-state index is -0.551. The fourth-order valence-corrected chi connectivity index (χ4v) is 2.70. The molecule has 0 radical (unpaired) electrons. The van der Waals surface area contributed by atoms with Gasteiger partial charge >= 0.3 is 0 Å². The van der Waals surface area contributed by atoms with Crippen molar-refractivity contribution in [1.29, 1.82) is 0 Å². The molecule has 0 saturated carbocycles. The summed E-state index contributed by atoms with van der Waals surface area (Å²) in [6.07, 6.45) is -0.551. The molecule has 0 aromatic heterocycles. The maximum Gasteiger partial charge on any atom is 0.0782 e. The van der Waals surface area contributed by atoms with Gasteiger partial charge < -0.3 is 15.1 Å². The van der Waals surface area contributed by atoms with Gasteiger partial charge in [0.25, 0.3) is 0 Å². The molecule has 0 bridgehead atoms. The molecule has 0 spiro atoms. The Morgan fingerprint density at radius 2 is 1.86 bits per heavy atom. The average molecular weight is 350 g/mol. The Labute approximate surface area is 134 Å². The first-order chi connectivity index (χ1) is 10.1. The highest BCUT2D eigenvalue weighted by molar-refractivity contribution is 9.10. The lowest BCUT2D eigenvalue weighted by Gasteiger charge is -2.27. The highest BCUT2D eigenvalue weighted by atomic mass is 79.9. The van der Waals surface area contributed by atoms with Crippen LogP contribution in [0, 0.1) is 0 Å². The van der Waals surface area contributed by atoms with Crippen LogP contribution in [0.25, 0.3) is 0 Å². The molecule has 3 nitrogen and oxygen atoms in total. The van der Waals surface area contributed by atoms with E-state index in [4.69, 9.17) is 0 Å². The quantitative estimate of drug-likeness (QED) is 0.838. The van der Waals surface area contributed by atoms with Crippen molar-refractivity contribution in [3.63, 3.8) is 0 Å². The second kappa shape index (κ2) is 7.59. The molecular weight excluding hydrogens is 330 g/mol. The first kappa shape index (κ1) is 16.0. The molecule has 0 saturated heterocycles. The number of benzene rings is 2. The lowest BCUT2D eigenvalue weighted by atomic mass is 10.1. The fourth-order valence-electron chi connectivity index (χ4n) is 2.35. The van der Waals surface area contributed by atoms with E-state index >= 15 is 0 Å². The van der Waals surface area contributed by atoms with Crippen molar-refractivity contribution in [2.24, 2.45) is 0 Å². The average Bonchev–Trinajstić information content (AvgIpc) is 2.47. The number of halogens is 1. The molecule has 0 aliphatic carbocycles. The van der Waals surface area contributed by atoms with Crippen LogP contribution >= 0.6 is 15.9 Å². The summed E-state index contributed by atoms with van der Waals surface area (Å²) in [6, 6.07) is 15.9. The second-order valence-corrected chi connectivity index (χ2v) is 5.93. The van der Waals surface area contributed by atoms with Crippen LogP contribution in [0.4, 0.5) is 5.69 Å². The van der Waals surface area contributed by atoms with E-state index in [0.717, 1.165) is 15.7 Å². The van der Waals surface area contributed by atoms with Crippen molar-refractivity contribution in [2.45, 2.75) is 19.6 Å². The van der Waals surface area contributed by atoms with E-state index in [2.05, 4.69) is 33.0 Å². The minimum absolute atomic E-state index is 0.0681. The Balaban J connectivity index is 2.35. The number of hydrogen-bond donors (Lipinski definition) is 2. The molecule has 2 aromatic carbocycles. The SMILES string of the molecule is CC(O)c1ccc(Br)cc1N(CCO)Cc1ccccc1. The third-order valence-corrected chi connectivity index (χ3v) is 3.86. The highest BCUT2D eigenvalue weighted by Gasteiger charge is 2.15. The molecule has 0 fully saturated rings. The van der Waals surface area contributed by atoms with Crippen LogP contribution in [0.2, 0.25) is 0 Å². The van der Waals surface area contributed by atoms with Gasteiger partial charge in [0, 0.05) is 28.8 Å². The summed E-state index contributed by atoms with van der Waals surface area (Å²) >= 11 is 3.48. The Morgan fingerprint density at radius 1 is 1.14 bits per heavy atom. The molecule has 4 heteroatoms. The summed E-state index contributed by atoms with van der Waals surface area (Å²) in [7, 11) is 0. The number of aliphatic hydroxyl groups is 2. The van der Waals surface area contributed by atoms with Crippen molar-refractivity contribution >= 4 is 21.6 Å². The Bertz CT molecular complexity index is 572. The van der Waals surface area contributed by atoms with Crippen molar-refractivity contribution in [2.75, 3.05) is 18.1 Å². The maximum absolute atomic E-state index is 9.97. The Kier molecular flexibility index (Phi) is 5.79. The van der Waals surface area contributed by atoms with Gasteiger partial charge in [0.2, 0.25) is 0 Å². The predicted molar refractivity (Wildman–Crippen MR) is 89.4 cm³/mol. The van der Waals surface area contributed by atoms with E-state index in [0.29, 0.717) is 13.1 Å². The molecule has 0 heterocycles. The van der Waals surface area contributed by atoms with Gasteiger partial charge in [-0.3, -0.25) is 0 Å². The largest absolute Gasteiger partial charge is 0.395 e. The molecule has 1 atom stereocenters. The number of aliphatic hydroxyl groups excluding tert-OH is 2. The third kappa shape index (κ3) is 4.30. The Morgan fingerprint density at radius 3 is 2.48 bits per heavy atom. The molecule has 2 aromatic rings. The minimum Gasteiger partial charge on any atom is -0.395 e. The number of anilines is 1. The standard InChI is InChI=1S/C17H20BrNO2/c1-13(21)16-8-7-15(18)11-17(16)19(9-10-20)12-14-5-3-2-4-6-14/h2-8,11,13,20-21H,9-10,12H2,1H3. The van der Waals surface area contributed by atoms with Crippen LogP contribution in [-0.2, 0) is 6.54 Å². The topological polar surface area (TPSA) is 43.7 Å². The molecule has 2 rings (SSSR count). The lowest BCUT2D eigenvalue weighted by molar-refractivity contribution is 0.199. The van der Waals surface area contributed by atoms with Gasteiger partial charge in [-0.1, -0.05) is 52.3 Å². The van der Waals surface area contributed by atoms with Crippen LogP contribution in [0.5, 0.6) is 0 Å². The summed E-state index contributed by atoms with van der Waals surface area (Å²) < 4.78 is 0.956. The zero-order valence-electron chi connectivity index (χ0n) is 12.0. The first-order valence-electron chi connectivity index (χ1n) is 6.99. The molecule has 0 aliphatic heterocycles. The summed E-state index contributed by atoms with van der Waals surface area (Å²) in [5.74, 6) is 0. The van der Waals surface area contributed by atoms with Crippen LogP contribution in [0.3, 0.4) is 0 Å². The highest BCUT2D eigenvalue weighted by Crippen LogP contribution is 2.30. The molecule has 0 aliphatic rings. The van der Waals surface area contributed by atoms with Crippen LogP contribution < -0.4 is 4.90 Å². The van der Waals surface area contributed by atoms with Crippen LogP contribution in [0.15, 0.2) is 53.0 Å². The van der Waals surface area contributed by atoms with E-state index in [1.807, 2.05) is 36.4 Å². The molecule has 21 heavy (non-hydrogen) atoms. The van der Waals surface area contributed by atoms with Gasteiger partial charge in [0.05, 0.1) is 12.7 Å². The smallest absolute Gasteiger partial charge is 0.0782 e. The number of hydrogen-bond acceptors (Lipinski definition) is 3. The maximum atomic E-state index is 9.97. The third-order valence-electron chi connectivity index (χ3n) is 3.37. The zero-order valence-corrected chi connectivity index (χ0v) is 13.6. The summed E-state index contributed by atoms with van der Waals surface area (Å²) in [5, 5.41) is 19.3. The predicted octanol–water partition coefficient (Wildman–Crippen LogP) is 3.50. The summed E-state index contributed by atoms with van der Waals surface area (Å²) in [6.45, 7) is 3.04. The molecule has 2 N–H and O–H groups in total. The van der Waals surface area contributed by atoms with E-state index < -0.39 is 6.10 Å².